The Morgan fingerprint density at radius 1 is 1.26 bits per heavy atom. The Kier molecular flexibility index (Phi) is 4.53. The number of nitrogens with zero attached hydrogens (tertiary/aromatic N) is 2. The zero-order valence-corrected chi connectivity index (χ0v) is 11.9. The zero-order valence-electron chi connectivity index (χ0n) is 11.9. The van der Waals surface area contributed by atoms with E-state index in [0.717, 1.165) is 18.8 Å². The molecule has 0 radical (unpaired) electrons. The predicted octanol–water partition coefficient (Wildman–Crippen LogP) is 3.27. The first kappa shape index (κ1) is 13.6. The van der Waals surface area contributed by atoms with E-state index < -0.39 is 0 Å². The fourth-order valence-electron chi connectivity index (χ4n) is 2.10. The van der Waals surface area contributed by atoms with Gasteiger partial charge in [-0.2, -0.15) is 0 Å². The maximum Gasteiger partial charge on any atom is 0.0640 e. The normalized spacial score (nSPS) is 10.5. The first-order valence-electron chi connectivity index (χ1n) is 6.66. The molecule has 1 aromatic carbocycles. The molecule has 0 aliphatic rings. The molecule has 0 amide bonds. The molecule has 2 aromatic rings. The fraction of sp³-hybridized carbons (Fsp3) is 0.312. The average molecular weight is 255 g/mol. The van der Waals surface area contributed by atoms with Gasteiger partial charge in [-0.25, -0.2) is 0 Å². The molecule has 100 valence electrons. The van der Waals surface area contributed by atoms with Crippen LogP contribution in [0.15, 0.2) is 42.7 Å². The lowest BCUT2D eigenvalue weighted by Crippen LogP contribution is -2.17. The molecule has 0 aliphatic heterocycles. The van der Waals surface area contributed by atoms with E-state index in [2.05, 4.69) is 66.4 Å². The van der Waals surface area contributed by atoms with Crippen LogP contribution in [0.2, 0.25) is 0 Å². The van der Waals surface area contributed by atoms with Crippen molar-refractivity contribution < 1.29 is 0 Å². The number of aromatic nitrogens is 1. The molecule has 0 aliphatic carbocycles. The minimum Gasteiger partial charge on any atom is -0.343 e. The standard InChI is InChI=1S/C16H21N3/c1-4-17-11-14-8-9-18-12-16(14)19(3)15-7-5-6-13(2)10-15/h5-10,12,17H,4,11H2,1-3H3. The van der Waals surface area contributed by atoms with Crippen molar-refractivity contribution in [3.63, 3.8) is 0 Å². The van der Waals surface area contributed by atoms with Gasteiger partial charge in [0.2, 0.25) is 0 Å². The van der Waals surface area contributed by atoms with Crippen LogP contribution >= 0.6 is 0 Å². The SMILES string of the molecule is CCNCc1ccncc1N(C)c1cccc(C)c1. The van der Waals surface area contributed by atoms with Gasteiger partial charge in [0.05, 0.1) is 11.9 Å². The summed E-state index contributed by atoms with van der Waals surface area (Å²) < 4.78 is 0. The highest BCUT2D eigenvalue weighted by Gasteiger charge is 2.09. The Bertz CT molecular complexity index is 537. The topological polar surface area (TPSA) is 28.2 Å². The summed E-state index contributed by atoms with van der Waals surface area (Å²) in [5.74, 6) is 0. The third kappa shape index (κ3) is 3.32. The third-order valence-electron chi connectivity index (χ3n) is 3.20. The van der Waals surface area contributed by atoms with Crippen molar-refractivity contribution in [2.45, 2.75) is 20.4 Å². The molecule has 3 nitrogen and oxygen atoms in total. The van der Waals surface area contributed by atoms with E-state index in [4.69, 9.17) is 0 Å². The van der Waals surface area contributed by atoms with Crippen LogP contribution in [0.3, 0.4) is 0 Å². The number of pyridine rings is 1. The molecule has 1 heterocycles. The van der Waals surface area contributed by atoms with Crippen LogP contribution in [0.5, 0.6) is 0 Å². The van der Waals surface area contributed by atoms with Crippen LogP contribution < -0.4 is 10.2 Å². The van der Waals surface area contributed by atoms with Gasteiger partial charge in [-0.3, -0.25) is 4.98 Å². The smallest absolute Gasteiger partial charge is 0.0640 e. The molecule has 3 heteroatoms. The van der Waals surface area contributed by atoms with Gasteiger partial charge in [0.25, 0.3) is 0 Å². The van der Waals surface area contributed by atoms with Crippen molar-refractivity contribution in [1.29, 1.82) is 0 Å². The second-order valence-corrected chi connectivity index (χ2v) is 4.68. The summed E-state index contributed by atoms with van der Waals surface area (Å²) in [6.45, 7) is 6.06. The van der Waals surface area contributed by atoms with Gasteiger partial charge < -0.3 is 10.2 Å². The van der Waals surface area contributed by atoms with E-state index in [1.807, 2.05) is 12.4 Å². The average Bonchev–Trinajstić information content (AvgIpc) is 2.44. The lowest BCUT2D eigenvalue weighted by molar-refractivity contribution is 0.725. The molecule has 1 aromatic heterocycles. The van der Waals surface area contributed by atoms with E-state index in [-0.39, 0.29) is 0 Å². The lowest BCUT2D eigenvalue weighted by Gasteiger charge is -2.22. The minimum atomic E-state index is 0.866. The van der Waals surface area contributed by atoms with Crippen molar-refractivity contribution in [1.82, 2.24) is 10.3 Å². The molecular formula is C16H21N3. The van der Waals surface area contributed by atoms with Crippen molar-refractivity contribution in [2.24, 2.45) is 0 Å². The first-order valence-corrected chi connectivity index (χ1v) is 6.66. The van der Waals surface area contributed by atoms with Crippen LogP contribution in [-0.2, 0) is 6.54 Å². The summed E-state index contributed by atoms with van der Waals surface area (Å²) in [6.07, 6.45) is 3.77. The van der Waals surface area contributed by atoms with Crippen molar-refractivity contribution in [3.8, 4) is 0 Å². The Hall–Kier alpha value is -1.87. The first-order chi connectivity index (χ1) is 9.22. The summed E-state index contributed by atoms with van der Waals surface area (Å²) in [7, 11) is 2.08. The zero-order chi connectivity index (χ0) is 13.7. The number of rotatable bonds is 5. The van der Waals surface area contributed by atoms with Gasteiger partial charge in [-0.05, 0) is 42.8 Å². The fourth-order valence-corrected chi connectivity index (χ4v) is 2.10. The van der Waals surface area contributed by atoms with Crippen LogP contribution in [0.4, 0.5) is 11.4 Å². The van der Waals surface area contributed by atoms with Crippen molar-refractivity contribution >= 4 is 11.4 Å². The summed E-state index contributed by atoms with van der Waals surface area (Å²) in [4.78, 5) is 6.44. The van der Waals surface area contributed by atoms with Crippen molar-refractivity contribution in [2.75, 3.05) is 18.5 Å². The van der Waals surface area contributed by atoms with E-state index >= 15 is 0 Å². The predicted molar refractivity (Wildman–Crippen MR) is 80.9 cm³/mol. The summed E-state index contributed by atoms with van der Waals surface area (Å²) >= 11 is 0. The number of benzene rings is 1. The maximum atomic E-state index is 4.25. The monoisotopic (exact) mass is 255 g/mol. The number of nitrogens with one attached hydrogen (secondary N) is 1. The van der Waals surface area contributed by atoms with E-state index in [1.165, 1.54) is 16.8 Å². The molecule has 0 spiro atoms. The Balaban J connectivity index is 2.30. The van der Waals surface area contributed by atoms with E-state index in [0.29, 0.717) is 0 Å². The van der Waals surface area contributed by atoms with Gasteiger partial charge in [-0.15, -0.1) is 0 Å². The van der Waals surface area contributed by atoms with Crippen LogP contribution in [0, 0.1) is 6.92 Å². The van der Waals surface area contributed by atoms with Gasteiger partial charge in [0.1, 0.15) is 0 Å². The number of aryl methyl sites for hydroxylation is 1. The molecule has 19 heavy (non-hydrogen) atoms. The quantitative estimate of drug-likeness (QED) is 0.888. The molecule has 0 saturated heterocycles. The molecule has 2 rings (SSSR count). The summed E-state index contributed by atoms with van der Waals surface area (Å²) in [5, 5.41) is 3.37. The molecule has 0 bridgehead atoms. The number of hydrogen-bond donors (Lipinski definition) is 1. The molecule has 1 N–H and O–H groups in total. The molecule has 0 unspecified atom stereocenters. The van der Waals surface area contributed by atoms with Crippen molar-refractivity contribution in [3.05, 3.63) is 53.9 Å². The highest BCUT2D eigenvalue weighted by molar-refractivity contribution is 5.65. The Morgan fingerprint density at radius 2 is 2.11 bits per heavy atom. The van der Waals surface area contributed by atoms with Gasteiger partial charge in [-0.1, -0.05) is 19.1 Å². The van der Waals surface area contributed by atoms with E-state index in [1.54, 1.807) is 0 Å². The lowest BCUT2D eigenvalue weighted by atomic mass is 10.1. The van der Waals surface area contributed by atoms with Crippen LogP contribution in [-0.4, -0.2) is 18.6 Å². The molecule has 0 saturated carbocycles. The second kappa shape index (κ2) is 6.34. The summed E-state index contributed by atoms with van der Waals surface area (Å²) in [6, 6.07) is 10.6. The van der Waals surface area contributed by atoms with Crippen LogP contribution in [0.25, 0.3) is 0 Å². The number of anilines is 2. The molecular weight excluding hydrogens is 234 g/mol. The van der Waals surface area contributed by atoms with Gasteiger partial charge in [0, 0.05) is 25.5 Å². The maximum absolute atomic E-state index is 4.25. The van der Waals surface area contributed by atoms with Crippen LogP contribution in [0.1, 0.15) is 18.1 Å². The highest BCUT2D eigenvalue weighted by Crippen LogP contribution is 2.26. The third-order valence-corrected chi connectivity index (χ3v) is 3.20. The van der Waals surface area contributed by atoms with E-state index in [9.17, 15) is 0 Å². The summed E-state index contributed by atoms with van der Waals surface area (Å²) in [5.41, 5.74) is 4.86. The minimum absolute atomic E-state index is 0.866. The van der Waals surface area contributed by atoms with Gasteiger partial charge in [0.15, 0.2) is 0 Å². The largest absolute Gasteiger partial charge is 0.343 e. The van der Waals surface area contributed by atoms with Gasteiger partial charge >= 0.3 is 0 Å². The molecule has 0 atom stereocenters. The Labute approximate surface area is 115 Å². The number of hydrogen-bond acceptors (Lipinski definition) is 3. The Morgan fingerprint density at radius 3 is 2.84 bits per heavy atom. The highest BCUT2D eigenvalue weighted by atomic mass is 15.1. The molecule has 0 fully saturated rings. The second-order valence-electron chi connectivity index (χ2n) is 4.68.